The van der Waals surface area contributed by atoms with Crippen molar-refractivity contribution in [2.45, 2.75) is 19.6 Å². The minimum absolute atomic E-state index is 0.423. The molecule has 1 aliphatic heterocycles. The molecule has 1 aliphatic rings. The van der Waals surface area contributed by atoms with E-state index < -0.39 is 0 Å². The molecule has 2 aromatic heterocycles. The molecule has 3 heterocycles. The number of rotatable bonds is 6. The number of hydrogen-bond donors (Lipinski definition) is 0. The molecule has 0 radical (unpaired) electrons. The SMILES string of the molecule is COc1ccc(COc2ccc3c(c2)CN(c2ccc(OC)cn2)CC3)nc1. The molecule has 3 aromatic rings. The van der Waals surface area contributed by atoms with Gasteiger partial charge in [0.15, 0.2) is 0 Å². The minimum atomic E-state index is 0.423. The van der Waals surface area contributed by atoms with Crippen molar-refractivity contribution in [2.75, 3.05) is 25.7 Å². The molecule has 0 aliphatic carbocycles. The third-order valence-electron chi connectivity index (χ3n) is 4.89. The van der Waals surface area contributed by atoms with Gasteiger partial charge in [0.25, 0.3) is 0 Å². The van der Waals surface area contributed by atoms with Gasteiger partial charge in [-0.25, -0.2) is 4.98 Å². The lowest BCUT2D eigenvalue weighted by Gasteiger charge is -2.30. The highest BCUT2D eigenvalue weighted by molar-refractivity contribution is 5.47. The smallest absolute Gasteiger partial charge is 0.137 e. The molecule has 0 N–H and O–H groups in total. The molecule has 0 bridgehead atoms. The molecule has 0 amide bonds. The molecule has 0 spiro atoms. The van der Waals surface area contributed by atoms with Gasteiger partial charge in [-0.3, -0.25) is 4.98 Å². The summed E-state index contributed by atoms with van der Waals surface area (Å²) in [6, 6.07) is 14.1. The Hall–Kier alpha value is -3.28. The number of pyridine rings is 2. The van der Waals surface area contributed by atoms with Crippen molar-refractivity contribution in [3.8, 4) is 17.2 Å². The van der Waals surface area contributed by atoms with Crippen LogP contribution in [0.1, 0.15) is 16.8 Å². The lowest BCUT2D eigenvalue weighted by Crippen LogP contribution is -2.30. The molecule has 1 aromatic carbocycles. The van der Waals surface area contributed by atoms with Gasteiger partial charge in [-0.15, -0.1) is 0 Å². The lowest BCUT2D eigenvalue weighted by atomic mass is 9.99. The summed E-state index contributed by atoms with van der Waals surface area (Å²) in [6.45, 7) is 2.18. The van der Waals surface area contributed by atoms with Crippen molar-refractivity contribution in [1.29, 1.82) is 0 Å². The largest absolute Gasteiger partial charge is 0.495 e. The molecular weight excluding hydrogens is 354 g/mol. The number of aromatic nitrogens is 2. The standard InChI is InChI=1S/C22H23N3O3/c1-26-20-6-4-18(23-12-20)15-28-19-5-3-16-9-10-25(14-17(16)11-19)22-8-7-21(27-2)13-24-22/h3-8,11-13H,9-10,14-15H2,1-2H3. The molecule has 0 unspecified atom stereocenters. The van der Waals surface area contributed by atoms with E-state index in [2.05, 4.69) is 27.0 Å². The molecular formula is C22H23N3O3. The van der Waals surface area contributed by atoms with E-state index in [0.717, 1.165) is 48.3 Å². The molecule has 144 valence electrons. The predicted molar refractivity (Wildman–Crippen MR) is 107 cm³/mol. The van der Waals surface area contributed by atoms with Crippen LogP contribution in [0.2, 0.25) is 0 Å². The van der Waals surface area contributed by atoms with E-state index in [1.54, 1.807) is 26.6 Å². The Labute approximate surface area is 164 Å². The van der Waals surface area contributed by atoms with Crippen molar-refractivity contribution >= 4 is 5.82 Å². The molecule has 0 atom stereocenters. The third-order valence-corrected chi connectivity index (χ3v) is 4.89. The van der Waals surface area contributed by atoms with Crippen molar-refractivity contribution < 1.29 is 14.2 Å². The van der Waals surface area contributed by atoms with Gasteiger partial charge in [-0.2, -0.15) is 0 Å². The summed E-state index contributed by atoms with van der Waals surface area (Å²) in [6.07, 6.45) is 4.45. The molecule has 0 fully saturated rings. The van der Waals surface area contributed by atoms with Crippen molar-refractivity contribution in [3.63, 3.8) is 0 Å². The van der Waals surface area contributed by atoms with Crippen LogP contribution in [0, 0.1) is 0 Å². The maximum Gasteiger partial charge on any atom is 0.137 e. The Morgan fingerprint density at radius 2 is 1.61 bits per heavy atom. The van der Waals surface area contributed by atoms with Gasteiger partial charge in [-0.1, -0.05) is 6.07 Å². The summed E-state index contributed by atoms with van der Waals surface area (Å²) < 4.78 is 16.3. The number of anilines is 1. The van der Waals surface area contributed by atoms with Gasteiger partial charge in [0, 0.05) is 13.1 Å². The van der Waals surface area contributed by atoms with Crippen molar-refractivity contribution in [3.05, 3.63) is 71.7 Å². The summed E-state index contributed by atoms with van der Waals surface area (Å²) in [5.74, 6) is 3.31. The van der Waals surface area contributed by atoms with Gasteiger partial charge in [0.2, 0.25) is 0 Å². The monoisotopic (exact) mass is 377 g/mol. The van der Waals surface area contributed by atoms with E-state index in [4.69, 9.17) is 14.2 Å². The van der Waals surface area contributed by atoms with Crippen LogP contribution in [0.3, 0.4) is 0 Å². The van der Waals surface area contributed by atoms with Crippen LogP contribution in [0.25, 0.3) is 0 Å². The van der Waals surface area contributed by atoms with Gasteiger partial charge < -0.3 is 19.1 Å². The Morgan fingerprint density at radius 1 is 0.857 bits per heavy atom. The summed E-state index contributed by atoms with van der Waals surface area (Å²) in [4.78, 5) is 11.1. The first-order chi connectivity index (χ1) is 13.7. The zero-order chi connectivity index (χ0) is 19.3. The molecule has 0 saturated carbocycles. The predicted octanol–water partition coefficient (Wildman–Crippen LogP) is 3.64. The van der Waals surface area contributed by atoms with Crippen LogP contribution in [-0.2, 0) is 19.6 Å². The third kappa shape index (κ3) is 4.01. The number of ether oxygens (including phenoxy) is 3. The van der Waals surface area contributed by atoms with Gasteiger partial charge in [-0.05, 0) is 53.9 Å². The van der Waals surface area contributed by atoms with Crippen LogP contribution < -0.4 is 19.1 Å². The van der Waals surface area contributed by atoms with Crippen LogP contribution in [0.15, 0.2) is 54.9 Å². The average molecular weight is 377 g/mol. The Morgan fingerprint density at radius 3 is 2.29 bits per heavy atom. The van der Waals surface area contributed by atoms with Gasteiger partial charge >= 0.3 is 0 Å². The highest BCUT2D eigenvalue weighted by atomic mass is 16.5. The summed E-state index contributed by atoms with van der Waals surface area (Å²) in [5.41, 5.74) is 3.49. The first kappa shape index (κ1) is 18.1. The Bertz CT molecular complexity index is 927. The highest BCUT2D eigenvalue weighted by Gasteiger charge is 2.18. The van der Waals surface area contributed by atoms with Crippen molar-refractivity contribution in [2.24, 2.45) is 0 Å². The fourth-order valence-corrected chi connectivity index (χ4v) is 3.27. The lowest BCUT2D eigenvalue weighted by molar-refractivity contribution is 0.300. The summed E-state index contributed by atoms with van der Waals surface area (Å²) in [5, 5.41) is 0. The number of nitrogens with zero attached hydrogens (tertiary/aromatic N) is 3. The zero-order valence-corrected chi connectivity index (χ0v) is 16.1. The van der Waals surface area contributed by atoms with E-state index in [1.807, 2.05) is 30.3 Å². The van der Waals surface area contributed by atoms with Crippen LogP contribution in [0.5, 0.6) is 17.2 Å². The van der Waals surface area contributed by atoms with Gasteiger partial charge in [0.05, 0.1) is 32.3 Å². The summed E-state index contributed by atoms with van der Waals surface area (Å²) >= 11 is 0. The Balaban J connectivity index is 1.43. The quantitative estimate of drug-likeness (QED) is 0.654. The number of hydrogen-bond acceptors (Lipinski definition) is 6. The topological polar surface area (TPSA) is 56.7 Å². The number of fused-ring (bicyclic) bond motifs is 1. The van der Waals surface area contributed by atoms with E-state index in [-0.39, 0.29) is 0 Å². The second-order valence-electron chi connectivity index (χ2n) is 6.64. The van der Waals surface area contributed by atoms with E-state index in [0.29, 0.717) is 6.61 Å². The molecule has 6 heteroatoms. The first-order valence-corrected chi connectivity index (χ1v) is 9.23. The molecule has 6 nitrogen and oxygen atoms in total. The fourth-order valence-electron chi connectivity index (χ4n) is 3.27. The molecule has 28 heavy (non-hydrogen) atoms. The summed E-state index contributed by atoms with van der Waals surface area (Å²) in [7, 11) is 3.28. The van der Waals surface area contributed by atoms with Crippen molar-refractivity contribution in [1.82, 2.24) is 9.97 Å². The zero-order valence-electron chi connectivity index (χ0n) is 16.1. The number of methoxy groups -OCH3 is 2. The number of benzene rings is 1. The minimum Gasteiger partial charge on any atom is -0.495 e. The van der Waals surface area contributed by atoms with E-state index in [9.17, 15) is 0 Å². The molecule has 0 saturated heterocycles. The Kier molecular flexibility index (Phi) is 5.28. The highest BCUT2D eigenvalue weighted by Crippen LogP contribution is 2.27. The van der Waals surface area contributed by atoms with Crippen LogP contribution in [0.4, 0.5) is 5.82 Å². The van der Waals surface area contributed by atoms with Crippen LogP contribution >= 0.6 is 0 Å². The van der Waals surface area contributed by atoms with Crippen LogP contribution in [-0.4, -0.2) is 30.7 Å². The average Bonchev–Trinajstić information content (AvgIpc) is 2.77. The fraction of sp³-hybridized carbons (Fsp3) is 0.273. The van der Waals surface area contributed by atoms with E-state index >= 15 is 0 Å². The first-order valence-electron chi connectivity index (χ1n) is 9.23. The van der Waals surface area contributed by atoms with E-state index in [1.165, 1.54) is 11.1 Å². The second-order valence-corrected chi connectivity index (χ2v) is 6.64. The molecule has 4 rings (SSSR count). The maximum absolute atomic E-state index is 5.95. The normalized spacial score (nSPS) is 13.0. The maximum atomic E-state index is 5.95. The van der Waals surface area contributed by atoms with Gasteiger partial charge in [0.1, 0.15) is 29.7 Å². The second kappa shape index (κ2) is 8.17.